The van der Waals surface area contributed by atoms with Crippen molar-refractivity contribution in [1.82, 2.24) is 0 Å². The zero-order valence-corrected chi connectivity index (χ0v) is 13.1. The fourth-order valence-electron chi connectivity index (χ4n) is 2.31. The van der Waals surface area contributed by atoms with Gasteiger partial charge in [-0.15, -0.1) is 11.6 Å². The van der Waals surface area contributed by atoms with Crippen molar-refractivity contribution < 1.29 is 0 Å². The van der Waals surface area contributed by atoms with Gasteiger partial charge in [0.15, 0.2) is 0 Å². The number of benzene rings is 2. The maximum Gasteiger partial charge on any atom is 0.0417 e. The van der Waals surface area contributed by atoms with E-state index in [1.54, 1.807) is 0 Å². The minimum Gasteiger partial charge on any atom is -0.355 e. The van der Waals surface area contributed by atoms with Crippen LogP contribution in [0.15, 0.2) is 42.5 Å². The van der Waals surface area contributed by atoms with E-state index in [1.165, 1.54) is 18.4 Å². The summed E-state index contributed by atoms with van der Waals surface area (Å²) >= 11 is 5.70. The number of unbranched alkanes of at least 4 members (excludes halogenated alkanes) is 2. The summed E-state index contributed by atoms with van der Waals surface area (Å²) in [7, 11) is 0. The molecule has 1 nitrogen and oxygen atoms in total. The summed E-state index contributed by atoms with van der Waals surface area (Å²) in [5.41, 5.74) is 5.41. The molecule has 0 aliphatic heterocycles. The van der Waals surface area contributed by atoms with Crippen LogP contribution in [0, 0.1) is 13.8 Å². The van der Waals surface area contributed by atoms with E-state index >= 15 is 0 Å². The predicted octanol–water partition coefficient (Wildman–Crippen LogP) is 5.75. The highest BCUT2D eigenvalue weighted by Crippen LogP contribution is 2.24. The molecule has 0 unspecified atom stereocenters. The van der Waals surface area contributed by atoms with Crippen LogP contribution >= 0.6 is 11.6 Å². The molecule has 2 heteroatoms. The summed E-state index contributed by atoms with van der Waals surface area (Å²) in [5, 5.41) is 3.40. The standard InChI is InChI=1S/C19H22ClN/c1-15-8-5-6-10-18(15)21-19-12-11-17(14-16(19)2)9-4-3-7-13-20/h5-6,8,10-12,14,21H,1-4,7,9,13H2. The van der Waals surface area contributed by atoms with E-state index in [0.29, 0.717) is 0 Å². The van der Waals surface area contributed by atoms with Crippen molar-refractivity contribution >= 4 is 23.0 Å². The van der Waals surface area contributed by atoms with Crippen LogP contribution < -0.4 is 5.32 Å². The van der Waals surface area contributed by atoms with E-state index in [9.17, 15) is 0 Å². The number of para-hydroxylation sites is 1. The zero-order valence-electron chi connectivity index (χ0n) is 12.4. The van der Waals surface area contributed by atoms with Crippen LogP contribution in [0.3, 0.4) is 0 Å². The van der Waals surface area contributed by atoms with Crippen LogP contribution in [0.5, 0.6) is 0 Å². The molecule has 0 amide bonds. The molecule has 0 aromatic heterocycles. The van der Waals surface area contributed by atoms with Crippen LogP contribution in [-0.2, 0) is 6.42 Å². The highest BCUT2D eigenvalue weighted by molar-refractivity contribution is 6.17. The van der Waals surface area contributed by atoms with Crippen molar-refractivity contribution in [2.75, 3.05) is 11.2 Å². The molecule has 110 valence electrons. The largest absolute Gasteiger partial charge is 0.355 e. The highest BCUT2D eigenvalue weighted by Gasteiger charge is 2.03. The number of hydrogen-bond donors (Lipinski definition) is 1. The fourth-order valence-corrected chi connectivity index (χ4v) is 2.50. The van der Waals surface area contributed by atoms with Gasteiger partial charge < -0.3 is 5.32 Å². The third-order valence-corrected chi connectivity index (χ3v) is 3.82. The summed E-state index contributed by atoms with van der Waals surface area (Å²) in [6, 6.07) is 14.5. The average molecular weight is 300 g/mol. The van der Waals surface area contributed by atoms with Crippen LogP contribution in [0.2, 0.25) is 0 Å². The maximum atomic E-state index is 5.70. The van der Waals surface area contributed by atoms with Crippen molar-refractivity contribution in [3.63, 3.8) is 0 Å². The number of anilines is 2. The molecule has 0 aliphatic carbocycles. The van der Waals surface area contributed by atoms with E-state index < -0.39 is 0 Å². The molecule has 0 bridgehead atoms. The summed E-state index contributed by atoms with van der Waals surface area (Å²) in [6.07, 6.45) is 4.55. The third kappa shape index (κ3) is 4.78. The molecule has 2 aromatic carbocycles. The van der Waals surface area contributed by atoms with Crippen LogP contribution in [0.1, 0.15) is 36.0 Å². The second-order valence-corrected chi connectivity index (χ2v) is 5.65. The first-order valence-corrected chi connectivity index (χ1v) is 7.93. The number of nitrogens with one attached hydrogen (secondary N) is 1. The Bertz CT molecular complexity index is 578. The molecular formula is C19H22ClN. The first kappa shape index (κ1) is 15.9. The van der Waals surface area contributed by atoms with E-state index in [2.05, 4.69) is 37.4 Å². The highest BCUT2D eigenvalue weighted by atomic mass is 35.5. The van der Waals surface area contributed by atoms with Gasteiger partial charge in [-0.1, -0.05) is 36.8 Å². The number of halogens is 1. The molecule has 21 heavy (non-hydrogen) atoms. The van der Waals surface area contributed by atoms with Gasteiger partial charge in [-0.2, -0.15) is 0 Å². The number of alkyl halides is 1. The summed E-state index contributed by atoms with van der Waals surface area (Å²) in [6.45, 7) is 8.18. The molecule has 0 spiro atoms. The number of rotatable bonds is 7. The van der Waals surface area contributed by atoms with Crippen molar-refractivity contribution in [3.05, 3.63) is 73.0 Å². The van der Waals surface area contributed by atoms with Crippen molar-refractivity contribution in [2.45, 2.75) is 25.7 Å². The van der Waals surface area contributed by atoms with Gasteiger partial charge in [0, 0.05) is 17.3 Å². The van der Waals surface area contributed by atoms with Crippen LogP contribution in [-0.4, -0.2) is 5.88 Å². The predicted molar refractivity (Wildman–Crippen MR) is 93.4 cm³/mol. The normalized spacial score (nSPS) is 10.6. The quantitative estimate of drug-likeness (QED) is 0.507. The minimum absolute atomic E-state index is 0.758. The van der Waals surface area contributed by atoms with Gasteiger partial charge in [-0.3, -0.25) is 0 Å². The maximum absolute atomic E-state index is 5.70. The monoisotopic (exact) mass is 299 g/mol. The Labute approximate surface area is 133 Å². The Kier molecular flexibility index (Phi) is 6.13. The lowest BCUT2D eigenvalue weighted by Gasteiger charge is -2.13. The molecule has 2 aromatic rings. The average Bonchev–Trinajstić information content (AvgIpc) is 2.48. The van der Waals surface area contributed by atoms with Gasteiger partial charge >= 0.3 is 0 Å². The van der Waals surface area contributed by atoms with E-state index in [1.807, 2.05) is 24.3 Å². The topological polar surface area (TPSA) is 12.0 Å². The van der Waals surface area contributed by atoms with Gasteiger partial charge in [0.1, 0.15) is 0 Å². The smallest absolute Gasteiger partial charge is 0.0417 e. The Balaban J connectivity index is 2.01. The van der Waals surface area contributed by atoms with E-state index in [0.717, 1.165) is 41.2 Å². The summed E-state index contributed by atoms with van der Waals surface area (Å²) in [4.78, 5) is 0. The Morgan fingerprint density at radius 2 is 1.62 bits per heavy atom. The lowest BCUT2D eigenvalue weighted by atomic mass is 10.0. The molecule has 0 atom stereocenters. The summed E-state index contributed by atoms with van der Waals surface area (Å²) < 4.78 is 0. The lowest BCUT2D eigenvalue weighted by Crippen LogP contribution is -1.96. The van der Waals surface area contributed by atoms with Gasteiger partial charge in [0.25, 0.3) is 0 Å². The molecule has 0 saturated heterocycles. The van der Waals surface area contributed by atoms with Crippen molar-refractivity contribution in [2.24, 2.45) is 0 Å². The minimum atomic E-state index is 0.758. The lowest BCUT2D eigenvalue weighted by molar-refractivity contribution is 0.720. The van der Waals surface area contributed by atoms with E-state index in [-0.39, 0.29) is 0 Å². The first-order chi connectivity index (χ1) is 10.2. The second kappa shape index (κ2) is 8.09. The molecule has 2 rings (SSSR count). The third-order valence-electron chi connectivity index (χ3n) is 3.56. The van der Waals surface area contributed by atoms with Crippen LogP contribution in [0.25, 0.3) is 0 Å². The Morgan fingerprint density at radius 1 is 0.857 bits per heavy atom. The zero-order chi connectivity index (χ0) is 15.1. The second-order valence-electron chi connectivity index (χ2n) is 5.27. The summed E-state index contributed by atoms with van der Waals surface area (Å²) in [5.74, 6) is 0.758. The molecular weight excluding hydrogens is 278 g/mol. The van der Waals surface area contributed by atoms with Crippen LogP contribution in [0.4, 0.5) is 11.4 Å². The molecule has 2 radical (unpaired) electrons. The molecule has 1 N–H and O–H groups in total. The van der Waals surface area contributed by atoms with Crippen molar-refractivity contribution in [1.29, 1.82) is 0 Å². The van der Waals surface area contributed by atoms with Gasteiger partial charge in [-0.25, -0.2) is 0 Å². The van der Waals surface area contributed by atoms with Crippen molar-refractivity contribution in [3.8, 4) is 0 Å². The number of hydrogen-bond acceptors (Lipinski definition) is 1. The van der Waals surface area contributed by atoms with E-state index in [4.69, 9.17) is 11.6 Å². The fraction of sp³-hybridized carbons (Fsp3) is 0.263. The molecule has 0 fully saturated rings. The Morgan fingerprint density at radius 3 is 2.33 bits per heavy atom. The van der Waals surface area contributed by atoms with Gasteiger partial charge in [0.2, 0.25) is 0 Å². The SMILES string of the molecule is [CH2]c1ccccc1Nc1ccc(CCCCCCl)cc1[CH2]. The molecule has 0 aliphatic rings. The van der Waals surface area contributed by atoms with Gasteiger partial charge in [-0.05, 0) is 61.9 Å². The Hall–Kier alpha value is -1.47. The molecule has 0 saturated carbocycles. The van der Waals surface area contributed by atoms with Gasteiger partial charge in [0.05, 0.1) is 0 Å². The number of aryl methyl sites for hydroxylation is 1. The molecule has 0 heterocycles. The first-order valence-electron chi connectivity index (χ1n) is 7.39.